The van der Waals surface area contributed by atoms with Crippen molar-refractivity contribution in [3.05, 3.63) is 35.9 Å². The second kappa shape index (κ2) is 15.3. The Kier molecular flexibility index (Phi) is 12.5. The van der Waals surface area contributed by atoms with E-state index >= 15 is 0 Å². The summed E-state index contributed by atoms with van der Waals surface area (Å²) < 4.78 is 20.2. The third-order valence-corrected chi connectivity index (χ3v) is 6.16. The van der Waals surface area contributed by atoms with E-state index in [-0.39, 0.29) is 51.1 Å². The number of carbonyl (C=O) groups excluding carboxylic acids is 4. The molecule has 2 rings (SSSR count). The fourth-order valence-electron chi connectivity index (χ4n) is 4.51. The molecule has 0 bridgehead atoms. The van der Waals surface area contributed by atoms with E-state index < -0.39 is 23.5 Å². The molecule has 1 aromatic carbocycles. The minimum Gasteiger partial charge on any atom is -0.469 e. The molecule has 1 N–H and O–H groups in total. The molecule has 0 radical (unpaired) electrons. The average Bonchev–Trinajstić information content (AvgIpc) is 3.06. The quantitative estimate of drug-likeness (QED) is 0.292. The number of hydrogen-bond donors (Lipinski definition) is 1. The standard InChI is InChI=1S/C26H39N3O8/c1-5-36-23(31)16-28-14-15-29(17-24(32)37-6-2)19-26(18-28,20-10-8-7-9-11-20)27-21(25(33)35-4)12-13-22(30)34-3/h7-11,21,27H,5-6,12-19H2,1-4H3. The second-order valence-corrected chi connectivity index (χ2v) is 8.81. The van der Waals surface area contributed by atoms with Crippen molar-refractivity contribution in [2.24, 2.45) is 0 Å². The minimum atomic E-state index is -0.911. The Bertz CT molecular complexity index is 865. The van der Waals surface area contributed by atoms with Gasteiger partial charge in [0.1, 0.15) is 6.04 Å². The lowest BCUT2D eigenvalue weighted by Crippen LogP contribution is -2.60. The van der Waals surface area contributed by atoms with E-state index in [1.165, 1.54) is 14.2 Å². The number of esters is 4. The van der Waals surface area contributed by atoms with Crippen LogP contribution in [0.15, 0.2) is 30.3 Å². The Labute approximate surface area is 218 Å². The van der Waals surface area contributed by atoms with Crippen LogP contribution in [0.3, 0.4) is 0 Å². The molecule has 0 aromatic heterocycles. The van der Waals surface area contributed by atoms with Crippen LogP contribution in [0.1, 0.15) is 32.3 Å². The third-order valence-electron chi connectivity index (χ3n) is 6.16. The Morgan fingerprint density at radius 3 is 1.86 bits per heavy atom. The highest BCUT2D eigenvalue weighted by Gasteiger charge is 2.42. The summed E-state index contributed by atoms with van der Waals surface area (Å²) in [5, 5.41) is 3.46. The molecular formula is C26H39N3O8. The summed E-state index contributed by atoms with van der Waals surface area (Å²) in [5.74, 6) is -1.70. The Balaban J connectivity index is 2.50. The molecule has 1 aliphatic rings. The number of methoxy groups -OCH3 is 2. The molecule has 0 amide bonds. The van der Waals surface area contributed by atoms with Crippen molar-refractivity contribution in [3.63, 3.8) is 0 Å². The van der Waals surface area contributed by atoms with Crippen molar-refractivity contribution in [1.29, 1.82) is 0 Å². The number of nitrogens with one attached hydrogen (secondary N) is 1. The maximum Gasteiger partial charge on any atom is 0.322 e. The van der Waals surface area contributed by atoms with Crippen LogP contribution < -0.4 is 5.32 Å². The van der Waals surface area contributed by atoms with Crippen LogP contribution in [0, 0.1) is 0 Å². The topological polar surface area (TPSA) is 124 Å². The third kappa shape index (κ3) is 9.42. The first-order valence-corrected chi connectivity index (χ1v) is 12.5. The van der Waals surface area contributed by atoms with Gasteiger partial charge in [0.05, 0.1) is 46.1 Å². The van der Waals surface area contributed by atoms with E-state index in [4.69, 9.17) is 18.9 Å². The van der Waals surface area contributed by atoms with Crippen LogP contribution in [0.4, 0.5) is 0 Å². The van der Waals surface area contributed by atoms with Gasteiger partial charge in [0.2, 0.25) is 0 Å². The molecule has 206 valence electrons. The molecule has 0 spiro atoms. The average molecular weight is 522 g/mol. The van der Waals surface area contributed by atoms with Crippen molar-refractivity contribution in [1.82, 2.24) is 15.1 Å². The zero-order valence-electron chi connectivity index (χ0n) is 22.2. The van der Waals surface area contributed by atoms with Crippen molar-refractivity contribution in [3.8, 4) is 0 Å². The molecule has 11 heteroatoms. The molecule has 0 aliphatic carbocycles. The molecule has 1 unspecified atom stereocenters. The Morgan fingerprint density at radius 2 is 1.41 bits per heavy atom. The van der Waals surface area contributed by atoms with Gasteiger partial charge in [-0.2, -0.15) is 0 Å². The van der Waals surface area contributed by atoms with Gasteiger partial charge in [0.25, 0.3) is 0 Å². The van der Waals surface area contributed by atoms with Crippen molar-refractivity contribution < 1.29 is 38.1 Å². The molecule has 1 aromatic rings. The van der Waals surface area contributed by atoms with E-state index in [0.717, 1.165) is 5.56 Å². The van der Waals surface area contributed by atoms with Crippen molar-refractivity contribution >= 4 is 23.9 Å². The lowest BCUT2D eigenvalue weighted by Gasteiger charge is -2.41. The summed E-state index contributed by atoms with van der Waals surface area (Å²) in [6, 6.07) is 8.66. The molecule has 1 atom stereocenters. The van der Waals surface area contributed by atoms with E-state index in [2.05, 4.69) is 5.32 Å². The lowest BCUT2D eigenvalue weighted by atomic mass is 9.87. The Morgan fingerprint density at radius 1 is 0.865 bits per heavy atom. The van der Waals surface area contributed by atoms with Gasteiger partial charge in [0.15, 0.2) is 0 Å². The van der Waals surface area contributed by atoms with Crippen LogP contribution in [0.25, 0.3) is 0 Å². The fourth-order valence-corrected chi connectivity index (χ4v) is 4.51. The molecular weight excluding hydrogens is 482 g/mol. The molecule has 1 fully saturated rings. The first kappa shape index (κ1) is 30.2. The molecule has 37 heavy (non-hydrogen) atoms. The summed E-state index contributed by atoms with van der Waals surface area (Å²) in [6.07, 6.45) is 0.150. The van der Waals surface area contributed by atoms with Crippen LogP contribution in [0.5, 0.6) is 0 Å². The summed E-state index contributed by atoms with van der Waals surface area (Å²) in [6.45, 7) is 5.76. The maximum atomic E-state index is 12.8. The van der Waals surface area contributed by atoms with Crippen molar-refractivity contribution in [2.45, 2.75) is 38.3 Å². The van der Waals surface area contributed by atoms with Gasteiger partial charge in [-0.15, -0.1) is 0 Å². The predicted molar refractivity (Wildman–Crippen MR) is 134 cm³/mol. The summed E-state index contributed by atoms with van der Waals surface area (Å²) in [5.41, 5.74) is -0.0577. The van der Waals surface area contributed by atoms with Gasteiger partial charge in [-0.1, -0.05) is 30.3 Å². The number of carbonyl (C=O) groups is 4. The van der Waals surface area contributed by atoms with Crippen LogP contribution >= 0.6 is 0 Å². The number of nitrogens with zero attached hydrogens (tertiary/aromatic N) is 2. The van der Waals surface area contributed by atoms with E-state index in [9.17, 15) is 19.2 Å². The molecule has 1 heterocycles. The maximum absolute atomic E-state index is 12.8. The highest BCUT2D eigenvalue weighted by atomic mass is 16.5. The Hall–Kier alpha value is -3.02. The summed E-state index contributed by atoms with van der Waals surface area (Å²) in [4.78, 5) is 53.4. The van der Waals surface area contributed by atoms with Gasteiger partial charge in [-0.3, -0.25) is 34.3 Å². The largest absolute Gasteiger partial charge is 0.469 e. The molecule has 1 aliphatic heterocycles. The van der Waals surface area contributed by atoms with E-state index in [1.807, 2.05) is 40.1 Å². The molecule has 0 saturated carbocycles. The van der Waals surface area contributed by atoms with Crippen molar-refractivity contribution in [2.75, 3.05) is 66.7 Å². The molecule has 11 nitrogen and oxygen atoms in total. The highest BCUT2D eigenvalue weighted by molar-refractivity contribution is 5.77. The SMILES string of the molecule is CCOC(=O)CN1CCN(CC(=O)OCC)CC(NC(CCC(=O)OC)C(=O)OC)(c2ccccc2)C1. The van der Waals surface area contributed by atoms with Crippen LogP contribution in [-0.4, -0.2) is 106 Å². The lowest BCUT2D eigenvalue weighted by molar-refractivity contribution is -0.147. The number of benzene rings is 1. The number of hydrogen-bond acceptors (Lipinski definition) is 11. The van der Waals surface area contributed by atoms with Crippen LogP contribution in [0.2, 0.25) is 0 Å². The monoisotopic (exact) mass is 521 g/mol. The first-order chi connectivity index (χ1) is 17.8. The number of rotatable bonds is 13. The smallest absolute Gasteiger partial charge is 0.322 e. The molecule has 1 saturated heterocycles. The normalized spacial score (nSPS) is 16.8. The summed E-state index contributed by atoms with van der Waals surface area (Å²) in [7, 11) is 2.58. The zero-order chi connectivity index (χ0) is 27.3. The first-order valence-electron chi connectivity index (χ1n) is 12.5. The van der Waals surface area contributed by atoms with Gasteiger partial charge in [0, 0.05) is 32.6 Å². The zero-order valence-corrected chi connectivity index (χ0v) is 22.2. The number of ether oxygens (including phenoxy) is 4. The second-order valence-electron chi connectivity index (χ2n) is 8.81. The van der Waals surface area contributed by atoms with Gasteiger partial charge < -0.3 is 18.9 Å². The van der Waals surface area contributed by atoms with Gasteiger partial charge in [-0.25, -0.2) is 0 Å². The van der Waals surface area contributed by atoms with Gasteiger partial charge in [-0.05, 0) is 25.8 Å². The van der Waals surface area contributed by atoms with E-state index in [0.29, 0.717) is 26.2 Å². The van der Waals surface area contributed by atoms with Crippen LogP contribution in [-0.2, 0) is 43.7 Å². The highest BCUT2D eigenvalue weighted by Crippen LogP contribution is 2.28. The minimum absolute atomic E-state index is 0.00716. The fraction of sp³-hybridized carbons (Fsp3) is 0.615. The van der Waals surface area contributed by atoms with Gasteiger partial charge >= 0.3 is 23.9 Å². The van der Waals surface area contributed by atoms with E-state index in [1.54, 1.807) is 13.8 Å². The summed E-state index contributed by atoms with van der Waals surface area (Å²) >= 11 is 0. The predicted octanol–water partition coefficient (Wildman–Crippen LogP) is 0.710.